The Bertz CT molecular complexity index is 2180. The van der Waals surface area contributed by atoms with E-state index >= 15 is 0 Å². The molecule has 44 heavy (non-hydrogen) atoms. The molecule has 6 rings (SSSR count). The molecule has 11 heteroatoms. The number of benzene rings is 3. The topological polar surface area (TPSA) is 109 Å². The lowest BCUT2D eigenvalue weighted by atomic mass is 9.94. The number of nitro groups is 1. The molecule has 3 heterocycles. The van der Waals surface area contributed by atoms with Crippen molar-refractivity contribution >= 4 is 62.6 Å². The first-order valence-corrected chi connectivity index (χ1v) is 15.8. The van der Waals surface area contributed by atoms with Gasteiger partial charge in [-0.05, 0) is 78.8 Å². The van der Waals surface area contributed by atoms with Gasteiger partial charge < -0.3 is 9.30 Å². The molecule has 0 N–H and O–H groups in total. The van der Waals surface area contributed by atoms with Gasteiger partial charge in [-0.3, -0.25) is 19.5 Å². The predicted octanol–water partition coefficient (Wildman–Crippen LogP) is 5.62. The summed E-state index contributed by atoms with van der Waals surface area (Å²) in [7, 11) is 0. The van der Waals surface area contributed by atoms with Crippen LogP contribution in [0.2, 0.25) is 0 Å². The third-order valence-corrected chi connectivity index (χ3v) is 9.34. The number of carbonyl (C=O) groups excluding carboxylic acids is 1. The molecule has 3 aromatic carbocycles. The van der Waals surface area contributed by atoms with Crippen molar-refractivity contribution in [1.29, 1.82) is 0 Å². The van der Waals surface area contributed by atoms with Crippen LogP contribution >= 0.6 is 33.9 Å². The molecule has 5 aromatic rings. The van der Waals surface area contributed by atoms with Crippen LogP contribution < -0.4 is 14.9 Å². The number of nitro benzene ring substituents is 1. The van der Waals surface area contributed by atoms with E-state index in [9.17, 15) is 19.7 Å². The molecule has 1 atom stereocenters. The summed E-state index contributed by atoms with van der Waals surface area (Å²) in [5.74, 6) is -0.616. The second-order valence-electron chi connectivity index (χ2n) is 10.5. The fraction of sp³-hybridized carbons (Fsp3) is 0.182. The van der Waals surface area contributed by atoms with E-state index in [0.717, 1.165) is 22.0 Å². The number of ether oxygens (including phenoxy) is 1. The molecule has 1 aliphatic rings. The summed E-state index contributed by atoms with van der Waals surface area (Å²) in [4.78, 5) is 43.8. The molecule has 0 unspecified atom stereocenters. The van der Waals surface area contributed by atoms with Gasteiger partial charge in [0.25, 0.3) is 11.2 Å². The lowest BCUT2D eigenvalue weighted by Crippen LogP contribution is -2.40. The zero-order valence-corrected chi connectivity index (χ0v) is 27.1. The first-order chi connectivity index (χ1) is 21.2. The molecule has 0 aliphatic carbocycles. The second kappa shape index (κ2) is 12.0. The van der Waals surface area contributed by atoms with Gasteiger partial charge in [0.05, 0.1) is 33.4 Å². The van der Waals surface area contributed by atoms with Gasteiger partial charge in [-0.25, -0.2) is 9.79 Å². The van der Waals surface area contributed by atoms with Crippen LogP contribution in [0.25, 0.3) is 17.0 Å². The molecule has 1 aliphatic heterocycles. The number of hydrogen-bond donors (Lipinski definition) is 0. The number of fused-ring (bicyclic) bond motifs is 2. The number of halogens is 1. The Morgan fingerprint density at radius 3 is 2.61 bits per heavy atom. The maximum atomic E-state index is 14.2. The van der Waals surface area contributed by atoms with Gasteiger partial charge in [0.1, 0.15) is 0 Å². The van der Waals surface area contributed by atoms with Gasteiger partial charge in [-0.2, -0.15) is 0 Å². The number of aromatic nitrogens is 2. The standard InChI is InChI=1S/C33H27IN4O5S/c1-4-43-32(40)29-20(3)35-33-37(30(29)22-12-9-19(2)27(15-22)38(41)42)31(39)28(44-33)16-23-18-36(26-8-6-5-7-25(23)26)17-21-10-13-24(34)14-11-21/h5-16,18,30H,4,17H2,1-3H3/b28-16+/t30-/m1/s1. The molecule has 0 amide bonds. The smallest absolute Gasteiger partial charge is 0.338 e. The normalized spacial score (nSPS) is 14.9. The van der Waals surface area contributed by atoms with E-state index in [1.165, 1.54) is 25.5 Å². The van der Waals surface area contributed by atoms with E-state index in [1.807, 2.05) is 30.5 Å². The monoisotopic (exact) mass is 718 g/mol. The van der Waals surface area contributed by atoms with Crippen molar-refractivity contribution < 1.29 is 14.5 Å². The zero-order chi connectivity index (χ0) is 31.1. The van der Waals surface area contributed by atoms with Crippen LogP contribution in [0.4, 0.5) is 5.69 Å². The van der Waals surface area contributed by atoms with Crippen LogP contribution in [0.5, 0.6) is 0 Å². The van der Waals surface area contributed by atoms with E-state index in [4.69, 9.17) is 4.74 Å². The van der Waals surface area contributed by atoms with Crippen molar-refractivity contribution in [2.24, 2.45) is 4.99 Å². The zero-order valence-electron chi connectivity index (χ0n) is 24.1. The fourth-order valence-electron chi connectivity index (χ4n) is 5.55. The molecule has 0 bridgehead atoms. The summed E-state index contributed by atoms with van der Waals surface area (Å²) >= 11 is 3.51. The van der Waals surface area contributed by atoms with Crippen molar-refractivity contribution in [2.75, 3.05) is 6.61 Å². The summed E-state index contributed by atoms with van der Waals surface area (Å²) in [5, 5.41) is 12.8. The minimum atomic E-state index is -0.936. The van der Waals surface area contributed by atoms with Crippen molar-refractivity contribution in [3.8, 4) is 0 Å². The number of aryl methyl sites for hydroxylation is 1. The Kier molecular flexibility index (Phi) is 8.08. The van der Waals surface area contributed by atoms with E-state index < -0.39 is 16.9 Å². The van der Waals surface area contributed by atoms with Crippen LogP contribution in [0.1, 0.15) is 42.1 Å². The summed E-state index contributed by atoms with van der Waals surface area (Å²) in [6.45, 7) is 5.84. The van der Waals surface area contributed by atoms with Crippen molar-refractivity contribution in [2.45, 2.75) is 33.4 Å². The minimum absolute atomic E-state index is 0.0940. The number of para-hydroxylation sites is 1. The third-order valence-electron chi connectivity index (χ3n) is 7.63. The van der Waals surface area contributed by atoms with E-state index in [0.29, 0.717) is 32.7 Å². The quantitative estimate of drug-likeness (QED) is 0.0940. The lowest BCUT2D eigenvalue weighted by Gasteiger charge is -2.24. The van der Waals surface area contributed by atoms with Gasteiger partial charge in [0.15, 0.2) is 4.80 Å². The number of carbonyl (C=O) groups is 1. The summed E-state index contributed by atoms with van der Waals surface area (Å²) < 4.78 is 10.6. The van der Waals surface area contributed by atoms with Crippen molar-refractivity contribution in [3.05, 3.63) is 140 Å². The number of esters is 1. The molecule has 222 valence electrons. The Morgan fingerprint density at radius 2 is 1.89 bits per heavy atom. The molecule has 0 saturated carbocycles. The van der Waals surface area contributed by atoms with Gasteiger partial charge in [-0.15, -0.1) is 0 Å². The van der Waals surface area contributed by atoms with Crippen LogP contribution in [-0.2, 0) is 16.1 Å². The second-order valence-corrected chi connectivity index (χ2v) is 12.7. The van der Waals surface area contributed by atoms with Crippen LogP contribution in [0, 0.1) is 20.6 Å². The van der Waals surface area contributed by atoms with Crippen molar-refractivity contribution in [3.63, 3.8) is 0 Å². The lowest BCUT2D eigenvalue weighted by molar-refractivity contribution is -0.385. The Labute approximate surface area is 269 Å². The first-order valence-electron chi connectivity index (χ1n) is 13.9. The Morgan fingerprint density at radius 1 is 1.14 bits per heavy atom. The Hall–Kier alpha value is -4.36. The average molecular weight is 719 g/mol. The minimum Gasteiger partial charge on any atom is -0.463 e. The molecular weight excluding hydrogens is 691 g/mol. The summed E-state index contributed by atoms with van der Waals surface area (Å²) in [6.07, 6.45) is 3.89. The van der Waals surface area contributed by atoms with Gasteiger partial charge in [0, 0.05) is 44.4 Å². The van der Waals surface area contributed by atoms with E-state index in [2.05, 4.69) is 62.5 Å². The van der Waals surface area contributed by atoms with Crippen molar-refractivity contribution in [1.82, 2.24) is 9.13 Å². The highest BCUT2D eigenvalue weighted by molar-refractivity contribution is 14.1. The maximum absolute atomic E-state index is 14.2. The molecule has 0 fully saturated rings. The van der Waals surface area contributed by atoms with E-state index in [1.54, 1.807) is 32.9 Å². The number of nitrogens with zero attached hydrogens (tertiary/aromatic N) is 4. The molecule has 0 spiro atoms. The predicted molar refractivity (Wildman–Crippen MR) is 178 cm³/mol. The van der Waals surface area contributed by atoms with Crippen LogP contribution in [-0.4, -0.2) is 26.6 Å². The summed E-state index contributed by atoms with van der Waals surface area (Å²) in [5.41, 5.74) is 4.13. The fourth-order valence-corrected chi connectivity index (χ4v) is 6.95. The highest BCUT2D eigenvalue weighted by Gasteiger charge is 2.34. The molecule has 0 radical (unpaired) electrons. The van der Waals surface area contributed by atoms with Crippen LogP contribution in [0.3, 0.4) is 0 Å². The average Bonchev–Trinajstić information content (AvgIpc) is 3.50. The highest BCUT2D eigenvalue weighted by Crippen LogP contribution is 2.33. The number of hydrogen-bond acceptors (Lipinski definition) is 7. The van der Waals surface area contributed by atoms with Crippen LogP contribution in [0.15, 0.2) is 94.0 Å². The Balaban J connectivity index is 1.53. The highest BCUT2D eigenvalue weighted by atomic mass is 127. The third kappa shape index (κ3) is 5.41. The molecule has 9 nitrogen and oxygen atoms in total. The number of allylic oxidation sites excluding steroid dienone is 1. The SMILES string of the molecule is CCOC(=O)C1=C(C)N=c2s/c(=C/c3cn(Cc4ccc(I)cc4)c4ccccc34)c(=O)n2[C@@H]1c1ccc(C)c([N+](=O)[O-])c1. The molecule has 0 saturated heterocycles. The van der Waals surface area contributed by atoms with Gasteiger partial charge in [-0.1, -0.05) is 53.8 Å². The summed E-state index contributed by atoms with van der Waals surface area (Å²) in [6, 6.07) is 20.2. The first kappa shape index (κ1) is 29.7. The van der Waals surface area contributed by atoms with Gasteiger partial charge in [0.2, 0.25) is 0 Å². The molecular formula is C33H27IN4O5S. The largest absolute Gasteiger partial charge is 0.463 e. The van der Waals surface area contributed by atoms with Gasteiger partial charge >= 0.3 is 5.97 Å². The van der Waals surface area contributed by atoms with E-state index in [-0.39, 0.29) is 23.4 Å². The number of rotatable bonds is 7. The molecule has 2 aromatic heterocycles. The number of thiazole rings is 1. The maximum Gasteiger partial charge on any atom is 0.338 e.